The lowest BCUT2D eigenvalue weighted by molar-refractivity contribution is 0.0643. The van der Waals surface area contributed by atoms with Crippen LogP contribution in [0.4, 0.5) is 5.82 Å². The summed E-state index contributed by atoms with van der Waals surface area (Å²) in [7, 11) is 0. The van der Waals surface area contributed by atoms with E-state index in [1.165, 1.54) is 12.7 Å². The molecule has 0 unspecified atom stereocenters. The minimum atomic E-state index is -0.220. The minimum absolute atomic E-state index is 0.183. The molecule has 1 saturated heterocycles. The molecule has 2 fully saturated rings. The van der Waals surface area contributed by atoms with E-state index in [1.54, 1.807) is 6.07 Å². The second kappa shape index (κ2) is 8.39. The normalized spacial score (nSPS) is 24.6. The Kier molecular flexibility index (Phi) is 5.98. The first-order chi connectivity index (χ1) is 11.7. The first-order valence-corrected chi connectivity index (χ1v) is 8.85. The van der Waals surface area contributed by atoms with E-state index in [2.05, 4.69) is 20.2 Å². The van der Waals surface area contributed by atoms with Gasteiger partial charge in [0.2, 0.25) is 0 Å². The van der Waals surface area contributed by atoms with Gasteiger partial charge in [-0.2, -0.15) is 0 Å². The predicted octanol–water partition coefficient (Wildman–Crippen LogP) is 0.984. The van der Waals surface area contributed by atoms with Crippen LogP contribution >= 0.6 is 0 Å². The molecule has 1 aromatic heterocycles. The van der Waals surface area contributed by atoms with Crippen LogP contribution in [0.5, 0.6) is 0 Å². The van der Waals surface area contributed by atoms with Gasteiger partial charge >= 0.3 is 0 Å². The number of carbonyl (C=O) groups is 1. The number of hydrogen-bond acceptors (Lipinski definition) is 6. The summed E-state index contributed by atoms with van der Waals surface area (Å²) in [6, 6.07) is 1.73. The number of nitrogens with one attached hydrogen (secondary N) is 1. The van der Waals surface area contributed by atoms with E-state index in [9.17, 15) is 9.90 Å². The maximum Gasteiger partial charge on any atom is 0.270 e. The molecule has 1 aliphatic heterocycles. The lowest BCUT2D eigenvalue weighted by atomic mass is 9.84. The van der Waals surface area contributed by atoms with Gasteiger partial charge in [-0.1, -0.05) is 12.8 Å². The summed E-state index contributed by atoms with van der Waals surface area (Å²) in [6.45, 7) is 3.47. The number of aromatic nitrogens is 2. The van der Waals surface area contributed by atoms with Gasteiger partial charge in [0.25, 0.3) is 5.91 Å². The maximum absolute atomic E-state index is 12.3. The van der Waals surface area contributed by atoms with Crippen LogP contribution in [0, 0.1) is 5.92 Å². The molecule has 1 aliphatic carbocycles. The zero-order valence-electron chi connectivity index (χ0n) is 14.0. The van der Waals surface area contributed by atoms with Crippen molar-refractivity contribution in [3.63, 3.8) is 0 Å². The van der Waals surface area contributed by atoms with Crippen molar-refractivity contribution in [1.82, 2.24) is 15.3 Å². The summed E-state index contributed by atoms with van der Waals surface area (Å²) >= 11 is 0. The topological polar surface area (TPSA) is 87.6 Å². The lowest BCUT2D eigenvalue weighted by Crippen LogP contribution is -2.37. The quantitative estimate of drug-likeness (QED) is 0.835. The Morgan fingerprint density at radius 2 is 2.08 bits per heavy atom. The summed E-state index contributed by atoms with van der Waals surface area (Å²) in [5.41, 5.74) is 0.385. The molecule has 3 rings (SSSR count). The van der Waals surface area contributed by atoms with E-state index < -0.39 is 0 Å². The molecule has 24 heavy (non-hydrogen) atoms. The molecule has 0 aromatic carbocycles. The standard InChI is InChI=1S/C17H26N4O3/c22-15-4-2-1-3-13(15)5-6-18-17(23)14-11-16(20-12-19-14)21-7-9-24-10-8-21/h11-13,15,22H,1-10H2,(H,18,23)/t13-,15-/m1/s1. The molecule has 2 heterocycles. The van der Waals surface area contributed by atoms with Gasteiger partial charge in [-0.05, 0) is 25.2 Å². The van der Waals surface area contributed by atoms with Crippen molar-refractivity contribution in [2.75, 3.05) is 37.7 Å². The van der Waals surface area contributed by atoms with Crippen LogP contribution in [-0.4, -0.2) is 59.9 Å². The van der Waals surface area contributed by atoms with Crippen LogP contribution in [0.25, 0.3) is 0 Å². The van der Waals surface area contributed by atoms with E-state index in [1.807, 2.05) is 0 Å². The molecule has 0 bridgehead atoms. The van der Waals surface area contributed by atoms with Crippen molar-refractivity contribution < 1.29 is 14.6 Å². The maximum atomic E-state index is 12.3. The van der Waals surface area contributed by atoms with Crippen LogP contribution in [0.15, 0.2) is 12.4 Å². The highest BCUT2D eigenvalue weighted by Crippen LogP contribution is 2.26. The number of aliphatic hydroxyl groups excluding tert-OH is 1. The third-order valence-corrected chi connectivity index (χ3v) is 4.89. The number of anilines is 1. The van der Waals surface area contributed by atoms with Crippen LogP contribution < -0.4 is 10.2 Å². The number of amides is 1. The van der Waals surface area contributed by atoms with Gasteiger partial charge < -0.3 is 20.1 Å². The molecule has 2 atom stereocenters. The lowest BCUT2D eigenvalue weighted by Gasteiger charge is -2.28. The average Bonchev–Trinajstić information content (AvgIpc) is 2.64. The number of morpholine rings is 1. The number of nitrogens with zero attached hydrogens (tertiary/aromatic N) is 3. The fourth-order valence-corrected chi connectivity index (χ4v) is 3.42. The number of rotatable bonds is 5. The number of carbonyl (C=O) groups excluding carboxylic acids is 1. The SMILES string of the molecule is O=C(NCC[C@H]1CCCC[C@H]1O)c1cc(N2CCOCC2)ncn1. The summed E-state index contributed by atoms with van der Waals surface area (Å²) < 4.78 is 5.33. The zero-order valence-corrected chi connectivity index (χ0v) is 14.0. The number of aliphatic hydroxyl groups is 1. The first-order valence-electron chi connectivity index (χ1n) is 8.85. The van der Waals surface area contributed by atoms with E-state index in [0.717, 1.165) is 44.6 Å². The third kappa shape index (κ3) is 4.42. The van der Waals surface area contributed by atoms with Crippen molar-refractivity contribution in [2.24, 2.45) is 5.92 Å². The van der Waals surface area contributed by atoms with Crippen LogP contribution in [0.3, 0.4) is 0 Å². The molecule has 2 aliphatic rings. The van der Waals surface area contributed by atoms with Gasteiger partial charge in [-0.15, -0.1) is 0 Å². The molecule has 1 amide bonds. The number of hydrogen-bond donors (Lipinski definition) is 2. The van der Waals surface area contributed by atoms with E-state index >= 15 is 0 Å². The molecular weight excluding hydrogens is 308 g/mol. The Balaban J connectivity index is 1.51. The van der Waals surface area contributed by atoms with Crippen LogP contribution in [0.2, 0.25) is 0 Å². The highest BCUT2D eigenvalue weighted by molar-refractivity contribution is 5.92. The Bertz CT molecular complexity index is 548. The summed E-state index contributed by atoms with van der Waals surface area (Å²) in [6.07, 6.45) is 6.24. The van der Waals surface area contributed by atoms with Gasteiger partial charge in [0.15, 0.2) is 0 Å². The third-order valence-electron chi connectivity index (χ3n) is 4.89. The first kappa shape index (κ1) is 17.1. The van der Waals surface area contributed by atoms with E-state index in [-0.39, 0.29) is 12.0 Å². The minimum Gasteiger partial charge on any atom is -0.393 e. The second-order valence-electron chi connectivity index (χ2n) is 6.52. The van der Waals surface area contributed by atoms with Crippen LogP contribution in [-0.2, 0) is 4.74 Å². The molecule has 0 radical (unpaired) electrons. The number of ether oxygens (including phenoxy) is 1. The molecule has 132 valence electrons. The largest absolute Gasteiger partial charge is 0.393 e. The van der Waals surface area contributed by atoms with E-state index in [0.29, 0.717) is 31.4 Å². The van der Waals surface area contributed by atoms with Crippen molar-refractivity contribution in [1.29, 1.82) is 0 Å². The Hall–Kier alpha value is -1.73. The predicted molar refractivity (Wildman–Crippen MR) is 90.0 cm³/mol. The molecular formula is C17H26N4O3. The molecule has 7 nitrogen and oxygen atoms in total. The molecule has 2 N–H and O–H groups in total. The fourth-order valence-electron chi connectivity index (χ4n) is 3.42. The molecule has 1 aromatic rings. The van der Waals surface area contributed by atoms with Crippen molar-refractivity contribution >= 4 is 11.7 Å². The van der Waals surface area contributed by atoms with Gasteiger partial charge in [0, 0.05) is 25.7 Å². The molecule has 0 spiro atoms. The zero-order chi connectivity index (χ0) is 16.8. The Morgan fingerprint density at radius 3 is 2.88 bits per heavy atom. The highest BCUT2D eigenvalue weighted by atomic mass is 16.5. The monoisotopic (exact) mass is 334 g/mol. The van der Waals surface area contributed by atoms with Gasteiger partial charge in [0.05, 0.1) is 19.3 Å². The summed E-state index contributed by atoms with van der Waals surface area (Å²) in [4.78, 5) is 22.7. The van der Waals surface area contributed by atoms with Crippen molar-refractivity contribution in [3.05, 3.63) is 18.1 Å². The van der Waals surface area contributed by atoms with Crippen molar-refractivity contribution in [2.45, 2.75) is 38.2 Å². The van der Waals surface area contributed by atoms with Crippen molar-refractivity contribution in [3.8, 4) is 0 Å². The van der Waals surface area contributed by atoms with Crippen LogP contribution in [0.1, 0.15) is 42.6 Å². The Morgan fingerprint density at radius 1 is 1.29 bits per heavy atom. The van der Waals surface area contributed by atoms with Gasteiger partial charge in [0.1, 0.15) is 17.8 Å². The fraction of sp³-hybridized carbons (Fsp3) is 0.706. The van der Waals surface area contributed by atoms with Gasteiger partial charge in [-0.3, -0.25) is 4.79 Å². The Labute approximate surface area is 142 Å². The molecule has 1 saturated carbocycles. The summed E-state index contributed by atoms with van der Waals surface area (Å²) in [5.74, 6) is 0.881. The molecule has 7 heteroatoms. The smallest absolute Gasteiger partial charge is 0.270 e. The van der Waals surface area contributed by atoms with Gasteiger partial charge in [-0.25, -0.2) is 9.97 Å². The second-order valence-corrected chi connectivity index (χ2v) is 6.52. The average molecular weight is 334 g/mol. The van der Waals surface area contributed by atoms with E-state index in [4.69, 9.17) is 4.74 Å². The summed E-state index contributed by atoms with van der Waals surface area (Å²) in [5, 5.41) is 12.9. The highest BCUT2D eigenvalue weighted by Gasteiger charge is 2.23.